The van der Waals surface area contributed by atoms with Crippen molar-refractivity contribution in [2.75, 3.05) is 6.61 Å². The summed E-state index contributed by atoms with van der Waals surface area (Å²) >= 11 is 5.90. The summed E-state index contributed by atoms with van der Waals surface area (Å²) in [5.74, 6) is -2.60. The molecule has 0 aromatic heterocycles. The van der Waals surface area contributed by atoms with Crippen LogP contribution in [0, 0.1) is 11.6 Å². The van der Waals surface area contributed by atoms with Crippen molar-refractivity contribution in [1.82, 2.24) is 5.48 Å². The Bertz CT molecular complexity index is 752. The van der Waals surface area contributed by atoms with Gasteiger partial charge >= 0.3 is 51.4 Å². The van der Waals surface area contributed by atoms with E-state index < -0.39 is 29.6 Å². The molecule has 0 fully saturated rings. The first-order chi connectivity index (χ1) is 12.4. The molecule has 2 N–H and O–H groups in total. The maximum Gasteiger partial charge on any atom is 1.00 e. The van der Waals surface area contributed by atoms with Crippen molar-refractivity contribution in [2.45, 2.75) is 31.8 Å². The molecule has 0 aliphatic rings. The van der Waals surface area contributed by atoms with Gasteiger partial charge in [-0.05, 0) is 42.7 Å². The van der Waals surface area contributed by atoms with Crippen molar-refractivity contribution < 1.29 is 76.3 Å². The maximum atomic E-state index is 14.4. The van der Waals surface area contributed by atoms with Crippen molar-refractivity contribution >= 4 is 17.5 Å². The number of carbonyl (C=O) groups excluding carboxylic acids is 1. The second kappa shape index (κ2) is 12.2. The first-order valence-corrected chi connectivity index (χ1v) is 8.56. The van der Waals surface area contributed by atoms with Crippen molar-refractivity contribution in [2.24, 2.45) is 0 Å². The number of carbonyl (C=O) groups is 1. The zero-order valence-electron chi connectivity index (χ0n) is 16.2. The largest absolute Gasteiger partial charge is 1.00 e. The molecule has 4 nitrogen and oxygen atoms in total. The van der Waals surface area contributed by atoms with Crippen LogP contribution >= 0.6 is 11.6 Å². The predicted octanol–water partition coefficient (Wildman–Crippen LogP) is 1.36. The van der Waals surface area contributed by atoms with Gasteiger partial charge in [-0.15, -0.1) is 0 Å². The Labute approximate surface area is 206 Å². The van der Waals surface area contributed by atoms with E-state index in [-0.39, 0.29) is 64.8 Å². The molecule has 0 saturated carbocycles. The van der Waals surface area contributed by atoms with Crippen LogP contribution in [0.3, 0.4) is 0 Å². The van der Waals surface area contributed by atoms with Gasteiger partial charge in [-0.25, -0.2) is 14.3 Å². The standard InChI is InChI=1S/C19H20ClF2NO3.K.H/c1-2-26-18(11-19(24)23-25)16(9-12-3-5-13(20)6-4-12)15-8-7-14(21)10-17(15)22;;/h3-8,10,16,18,25H,2,9,11H2,1H3,(H,23,24);;/q;+1;-1/t16-,18-;;/m1../s1. The summed E-state index contributed by atoms with van der Waals surface area (Å²) in [5.41, 5.74) is 2.66. The monoisotopic (exact) mass is 423 g/mol. The molecule has 0 saturated heterocycles. The SMILES string of the molecule is CCO[C@H](CC(=O)NO)[C@H](Cc1ccc(Cl)cc1)c1ccc(F)cc1F.[H-].[K+]. The van der Waals surface area contributed by atoms with Gasteiger partial charge in [0, 0.05) is 23.6 Å². The van der Waals surface area contributed by atoms with E-state index in [1.54, 1.807) is 36.7 Å². The number of halogens is 3. The molecule has 0 spiro atoms. The summed E-state index contributed by atoms with van der Waals surface area (Å²) in [4.78, 5) is 11.7. The molecule has 0 unspecified atom stereocenters. The molecular weight excluding hydrogens is 403 g/mol. The average Bonchev–Trinajstić information content (AvgIpc) is 2.61. The van der Waals surface area contributed by atoms with Gasteiger partial charge in [0.1, 0.15) is 11.6 Å². The number of benzene rings is 2. The van der Waals surface area contributed by atoms with E-state index >= 15 is 0 Å². The topological polar surface area (TPSA) is 58.6 Å². The number of ether oxygens (including phenoxy) is 1. The minimum absolute atomic E-state index is 0. The summed E-state index contributed by atoms with van der Waals surface area (Å²) < 4.78 is 33.4. The predicted molar refractivity (Wildman–Crippen MR) is 95.3 cm³/mol. The minimum Gasteiger partial charge on any atom is -1.00 e. The van der Waals surface area contributed by atoms with Crippen LogP contribution in [0.25, 0.3) is 0 Å². The fourth-order valence-electron chi connectivity index (χ4n) is 2.88. The number of hydrogen-bond acceptors (Lipinski definition) is 3. The molecule has 2 rings (SSSR count). The van der Waals surface area contributed by atoms with Gasteiger partial charge in [0.25, 0.3) is 0 Å². The third-order valence-corrected chi connectivity index (χ3v) is 4.32. The van der Waals surface area contributed by atoms with E-state index in [9.17, 15) is 13.6 Å². The smallest absolute Gasteiger partial charge is 1.00 e. The quantitative estimate of drug-likeness (QED) is 0.383. The van der Waals surface area contributed by atoms with Gasteiger partial charge in [0.2, 0.25) is 5.91 Å². The molecule has 8 heteroatoms. The van der Waals surface area contributed by atoms with Gasteiger partial charge in [0.05, 0.1) is 12.5 Å². The molecular formula is C19H21ClF2KNO3. The van der Waals surface area contributed by atoms with Crippen LogP contribution in [-0.2, 0) is 16.0 Å². The van der Waals surface area contributed by atoms with Crippen molar-refractivity contribution in [3.05, 3.63) is 70.2 Å². The second-order valence-corrected chi connectivity index (χ2v) is 6.27. The Morgan fingerprint density at radius 2 is 1.93 bits per heavy atom. The molecule has 142 valence electrons. The third-order valence-electron chi connectivity index (χ3n) is 4.07. The summed E-state index contributed by atoms with van der Waals surface area (Å²) in [6, 6.07) is 10.4. The Morgan fingerprint density at radius 3 is 2.48 bits per heavy atom. The Kier molecular flexibility index (Phi) is 11.2. The van der Waals surface area contributed by atoms with Crippen LogP contribution in [-0.4, -0.2) is 23.8 Å². The molecule has 2 aromatic carbocycles. The molecule has 2 atom stereocenters. The van der Waals surface area contributed by atoms with Crippen molar-refractivity contribution in [1.29, 1.82) is 0 Å². The number of nitrogens with one attached hydrogen (secondary N) is 1. The molecule has 1 amide bonds. The van der Waals surface area contributed by atoms with Crippen LogP contribution in [0.1, 0.15) is 31.8 Å². The Hall–Kier alpha value is -0.384. The van der Waals surface area contributed by atoms with Gasteiger partial charge in [0.15, 0.2) is 0 Å². The number of rotatable bonds is 8. The van der Waals surface area contributed by atoms with Gasteiger partial charge < -0.3 is 6.16 Å². The first kappa shape index (κ1) is 24.7. The van der Waals surface area contributed by atoms with Crippen LogP contribution in [0.15, 0.2) is 42.5 Å². The zero-order chi connectivity index (χ0) is 19.1. The molecule has 0 aliphatic heterocycles. The average molecular weight is 424 g/mol. The van der Waals surface area contributed by atoms with Crippen LogP contribution in [0.2, 0.25) is 5.02 Å². The van der Waals surface area contributed by atoms with Gasteiger partial charge in [-0.3, -0.25) is 10.0 Å². The van der Waals surface area contributed by atoms with Crippen molar-refractivity contribution in [3.63, 3.8) is 0 Å². The van der Waals surface area contributed by atoms with E-state index in [0.29, 0.717) is 18.1 Å². The molecule has 27 heavy (non-hydrogen) atoms. The maximum absolute atomic E-state index is 14.4. The van der Waals surface area contributed by atoms with Gasteiger partial charge in [-0.1, -0.05) is 29.8 Å². The summed E-state index contributed by atoms with van der Waals surface area (Å²) in [5, 5.41) is 9.39. The van der Waals surface area contributed by atoms with E-state index in [1.807, 2.05) is 0 Å². The van der Waals surface area contributed by atoms with E-state index in [0.717, 1.165) is 11.6 Å². The zero-order valence-corrected chi connectivity index (χ0v) is 19.1. The van der Waals surface area contributed by atoms with Gasteiger partial charge in [-0.2, -0.15) is 0 Å². The van der Waals surface area contributed by atoms with Crippen LogP contribution in [0.4, 0.5) is 8.78 Å². The molecule has 0 bridgehead atoms. The number of hydroxylamine groups is 1. The Balaban J connectivity index is 0.00000364. The molecule has 0 heterocycles. The Morgan fingerprint density at radius 1 is 1.26 bits per heavy atom. The van der Waals surface area contributed by atoms with Crippen molar-refractivity contribution in [3.8, 4) is 0 Å². The summed E-state index contributed by atoms with van der Waals surface area (Å²) in [6.07, 6.45) is -0.523. The number of hydrogen-bond donors (Lipinski definition) is 2. The number of amides is 1. The van der Waals surface area contributed by atoms with E-state index in [2.05, 4.69) is 0 Å². The minimum atomic E-state index is -0.710. The first-order valence-electron chi connectivity index (χ1n) is 8.18. The fourth-order valence-corrected chi connectivity index (χ4v) is 3.00. The summed E-state index contributed by atoms with van der Waals surface area (Å²) in [6.45, 7) is 2.05. The second-order valence-electron chi connectivity index (χ2n) is 5.84. The van der Waals surface area contributed by atoms with Crippen LogP contribution in [0.5, 0.6) is 0 Å². The van der Waals surface area contributed by atoms with Crippen LogP contribution < -0.4 is 56.9 Å². The normalized spacial score (nSPS) is 12.8. The van der Waals surface area contributed by atoms with E-state index in [4.69, 9.17) is 21.5 Å². The molecule has 0 aliphatic carbocycles. The summed E-state index contributed by atoms with van der Waals surface area (Å²) in [7, 11) is 0. The molecule has 0 radical (unpaired) electrons. The fraction of sp³-hybridized carbons (Fsp3) is 0.316. The third kappa shape index (κ3) is 7.51. The van der Waals surface area contributed by atoms with E-state index in [1.165, 1.54) is 12.1 Å². The molecule has 2 aromatic rings.